The van der Waals surface area contributed by atoms with Gasteiger partial charge in [0.2, 0.25) is 0 Å². The number of carbonyl (C=O) groups excluding carboxylic acids is 1. The lowest BCUT2D eigenvalue weighted by molar-refractivity contribution is 0.0855. The Morgan fingerprint density at radius 3 is 2.45 bits per heavy atom. The number of anilines is 1. The van der Waals surface area contributed by atoms with Crippen LogP contribution in [0.3, 0.4) is 0 Å². The SMILES string of the molecule is O=C(c1ccc2ccccc2c1)N(O)c1ccc(Oc2ccc3c(c2)C(I)CC3)cc1. The lowest BCUT2D eigenvalue weighted by atomic mass is 10.1. The van der Waals surface area contributed by atoms with Crippen LogP contribution in [0.1, 0.15) is 31.8 Å². The molecule has 0 fully saturated rings. The molecule has 4 aromatic rings. The van der Waals surface area contributed by atoms with Crippen LogP contribution in [-0.2, 0) is 6.42 Å². The first-order chi connectivity index (χ1) is 15.1. The van der Waals surface area contributed by atoms with Crippen molar-refractivity contribution in [1.82, 2.24) is 0 Å². The van der Waals surface area contributed by atoms with E-state index in [0.29, 0.717) is 26.0 Å². The second kappa shape index (κ2) is 8.32. The maximum Gasteiger partial charge on any atom is 0.282 e. The second-order valence-corrected chi connectivity index (χ2v) is 9.15. The molecule has 31 heavy (non-hydrogen) atoms. The molecule has 0 aromatic heterocycles. The van der Waals surface area contributed by atoms with E-state index in [4.69, 9.17) is 4.74 Å². The molecule has 1 amide bonds. The van der Waals surface area contributed by atoms with E-state index in [1.807, 2.05) is 36.4 Å². The van der Waals surface area contributed by atoms with Crippen LogP contribution in [0.25, 0.3) is 10.8 Å². The predicted molar refractivity (Wildman–Crippen MR) is 131 cm³/mol. The first kappa shape index (κ1) is 20.0. The summed E-state index contributed by atoms with van der Waals surface area (Å²) in [5.74, 6) is 0.965. The number of hydroxylamine groups is 1. The fourth-order valence-electron chi connectivity index (χ4n) is 3.95. The molecule has 154 valence electrons. The zero-order valence-corrected chi connectivity index (χ0v) is 18.8. The predicted octanol–water partition coefficient (Wildman–Crippen LogP) is 7.09. The maximum atomic E-state index is 12.7. The van der Waals surface area contributed by atoms with Crippen LogP contribution in [0.5, 0.6) is 11.5 Å². The van der Waals surface area contributed by atoms with Crippen LogP contribution in [0.15, 0.2) is 84.9 Å². The van der Waals surface area contributed by atoms with Gasteiger partial charge in [-0.15, -0.1) is 0 Å². The Kier molecular flexibility index (Phi) is 5.38. The lowest BCUT2D eigenvalue weighted by Crippen LogP contribution is -2.26. The molecule has 5 rings (SSSR count). The number of benzene rings is 4. The number of nitrogens with zero attached hydrogens (tertiary/aromatic N) is 1. The number of amides is 1. The van der Waals surface area contributed by atoms with E-state index in [9.17, 15) is 10.0 Å². The molecular weight excluding hydrogens is 501 g/mol. The van der Waals surface area contributed by atoms with E-state index in [-0.39, 0.29) is 0 Å². The van der Waals surface area contributed by atoms with Crippen LogP contribution in [-0.4, -0.2) is 11.1 Å². The van der Waals surface area contributed by atoms with Crippen molar-refractivity contribution in [3.8, 4) is 11.5 Å². The Morgan fingerprint density at radius 2 is 1.65 bits per heavy atom. The van der Waals surface area contributed by atoms with Gasteiger partial charge in [-0.25, -0.2) is 0 Å². The summed E-state index contributed by atoms with van der Waals surface area (Å²) < 4.78 is 6.52. The Balaban J connectivity index is 1.32. The third-order valence-electron chi connectivity index (χ3n) is 5.63. The van der Waals surface area contributed by atoms with Crippen LogP contribution in [0, 0.1) is 0 Å². The molecule has 0 spiro atoms. The highest BCUT2D eigenvalue weighted by Gasteiger charge is 2.20. The number of ether oxygens (including phenoxy) is 1. The smallest absolute Gasteiger partial charge is 0.282 e. The summed E-state index contributed by atoms with van der Waals surface area (Å²) in [5, 5.41) is 13.1. The van der Waals surface area contributed by atoms with E-state index in [1.54, 1.807) is 36.4 Å². The summed E-state index contributed by atoms with van der Waals surface area (Å²) in [6.45, 7) is 0. The number of alkyl halides is 1. The van der Waals surface area contributed by atoms with Crippen LogP contribution in [0.4, 0.5) is 5.69 Å². The largest absolute Gasteiger partial charge is 0.457 e. The summed E-state index contributed by atoms with van der Waals surface area (Å²) in [6.07, 6.45) is 2.29. The third-order valence-corrected chi connectivity index (χ3v) is 6.92. The molecule has 0 radical (unpaired) electrons. The summed E-state index contributed by atoms with van der Waals surface area (Å²) in [7, 11) is 0. The fourth-order valence-corrected chi connectivity index (χ4v) is 4.84. The summed E-state index contributed by atoms with van der Waals surface area (Å²) in [5.41, 5.74) is 3.54. The molecule has 1 aliphatic carbocycles. The standard InChI is InChI=1S/C26H20INO3/c27-25-14-8-18-7-11-23(16-24(18)25)31-22-12-9-21(10-13-22)28(30)26(29)20-6-5-17-3-1-2-4-19(17)15-20/h1-7,9-13,15-16,25,30H,8,14H2. The zero-order chi connectivity index (χ0) is 21.4. The molecule has 5 heteroatoms. The second-order valence-electron chi connectivity index (χ2n) is 7.64. The first-order valence-corrected chi connectivity index (χ1v) is 11.4. The molecule has 0 heterocycles. The average Bonchev–Trinajstić information content (AvgIpc) is 3.18. The molecule has 0 saturated heterocycles. The molecule has 0 bridgehead atoms. The van der Waals surface area contributed by atoms with E-state index in [1.165, 1.54) is 17.5 Å². The number of hydrogen-bond donors (Lipinski definition) is 1. The number of rotatable bonds is 4. The molecule has 0 saturated carbocycles. The van der Waals surface area contributed by atoms with Crippen LogP contribution in [0.2, 0.25) is 0 Å². The molecule has 4 aromatic carbocycles. The highest BCUT2D eigenvalue weighted by molar-refractivity contribution is 14.1. The molecule has 1 aliphatic rings. The minimum absolute atomic E-state index is 0.381. The minimum atomic E-state index is -0.480. The average molecular weight is 521 g/mol. The van der Waals surface area contributed by atoms with Gasteiger partial charge in [-0.1, -0.05) is 59.0 Å². The molecule has 0 aliphatic heterocycles. The first-order valence-electron chi connectivity index (χ1n) is 10.2. The number of halogens is 1. The van der Waals surface area contributed by atoms with Gasteiger partial charge in [0.05, 0.1) is 5.69 Å². The van der Waals surface area contributed by atoms with Gasteiger partial charge < -0.3 is 4.74 Å². The van der Waals surface area contributed by atoms with Crippen molar-refractivity contribution in [2.24, 2.45) is 0 Å². The summed E-state index contributed by atoms with van der Waals surface area (Å²) >= 11 is 2.48. The van der Waals surface area contributed by atoms with E-state index >= 15 is 0 Å². The highest BCUT2D eigenvalue weighted by Crippen LogP contribution is 2.40. The number of fused-ring (bicyclic) bond motifs is 2. The minimum Gasteiger partial charge on any atom is -0.457 e. The Bertz CT molecular complexity index is 1270. The molecule has 4 nitrogen and oxygen atoms in total. The van der Waals surface area contributed by atoms with Crippen molar-refractivity contribution < 1.29 is 14.7 Å². The molecule has 1 atom stereocenters. The zero-order valence-electron chi connectivity index (χ0n) is 16.7. The van der Waals surface area contributed by atoms with E-state index in [0.717, 1.165) is 22.9 Å². The molecule has 1 N–H and O–H groups in total. The van der Waals surface area contributed by atoms with Gasteiger partial charge in [-0.2, -0.15) is 5.06 Å². The fraction of sp³-hybridized carbons (Fsp3) is 0.115. The number of hydrogen-bond acceptors (Lipinski definition) is 3. The van der Waals surface area contributed by atoms with Gasteiger partial charge in [-0.05, 0) is 83.3 Å². The number of carbonyl (C=O) groups is 1. The summed E-state index contributed by atoms with van der Waals surface area (Å²) in [6, 6.07) is 26.3. The quantitative estimate of drug-likeness (QED) is 0.135. The van der Waals surface area contributed by atoms with Crippen molar-refractivity contribution in [2.75, 3.05) is 5.06 Å². The topological polar surface area (TPSA) is 49.8 Å². The lowest BCUT2D eigenvalue weighted by Gasteiger charge is -2.16. The van der Waals surface area contributed by atoms with Gasteiger partial charge in [0.25, 0.3) is 5.91 Å². The van der Waals surface area contributed by atoms with Crippen molar-refractivity contribution in [3.05, 3.63) is 102 Å². The third kappa shape index (κ3) is 4.03. The van der Waals surface area contributed by atoms with E-state index in [2.05, 4.69) is 34.7 Å². The molecule has 1 unspecified atom stereocenters. The van der Waals surface area contributed by atoms with Crippen molar-refractivity contribution >= 4 is 45.0 Å². The van der Waals surface area contributed by atoms with Gasteiger partial charge in [0.15, 0.2) is 0 Å². The van der Waals surface area contributed by atoms with Gasteiger partial charge >= 0.3 is 0 Å². The van der Waals surface area contributed by atoms with E-state index < -0.39 is 5.91 Å². The maximum absolute atomic E-state index is 12.7. The van der Waals surface area contributed by atoms with Crippen molar-refractivity contribution in [3.63, 3.8) is 0 Å². The molecular formula is C26H20INO3. The van der Waals surface area contributed by atoms with Gasteiger partial charge in [-0.3, -0.25) is 10.0 Å². The number of aryl methyl sites for hydroxylation is 1. The normalized spacial score (nSPS) is 15.0. The van der Waals surface area contributed by atoms with Gasteiger partial charge in [0, 0.05) is 9.49 Å². The van der Waals surface area contributed by atoms with Crippen molar-refractivity contribution in [2.45, 2.75) is 16.8 Å². The Hall–Kier alpha value is -2.90. The van der Waals surface area contributed by atoms with Crippen LogP contribution < -0.4 is 9.80 Å². The van der Waals surface area contributed by atoms with Crippen molar-refractivity contribution in [1.29, 1.82) is 0 Å². The monoisotopic (exact) mass is 521 g/mol. The van der Waals surface area contributed by atoms with Gasteiger partial charge in [0.1, 0.15) is 11.5 Å². The highest BCUT2D eigenvalue weighted by atomic mass is 127. The Morgan fingerprint density at radius 1 is 0.903 bits per heavy atom. The van der Waals surface area contributed by atoms with Crippen LogP contribution >= 0.6 is 22.6 Å². The Labute approximate surface area is 194 Å². The summed E-state index contributed by atoms with van der Waals surface area (Å²) in [4.78, 5) is 12.7.